The summed E-state index contributed by atoms with van der Waals surface area (Å²) >= 11 is 10.9. The van der Waals surface area contributed by atoms with E-state index in [1.165, 1.54) is 4.88 Å². The second-order valence-electron chi connectivity index (χ2n) is 3.66. The molecule has 0 aliphatic carbocycles. The van der Waals surface area contributed by atoms with Crippen molar-refractivity contribution in [2.24, 2.45) is 0 Å². The van der Waals surface area contributed by atoms with E-state index in [-0.39, 0.29) is 11.3 Å². The lowest BCUT2D eigenvalue weighted by Crippen LogP contribution is -2.18. The zero-order valence-corrected chi connectivity index (χ0v) is 12.3. The Kier molecular flexibility index (Phi) is 4.36. The zero-order chi connectivity index (χ0) is 12.3. The highest BCUT2D eigenvalue weighted by molar-refractivity contribution is 9.10. The number of halogens is 2. The number of hydrogen-bond acceptors (Lipinski definition) is 4. The van der Waals surface area contributed by atoms with Crippen molar-refractivity contribution in [1.29, 1.82) is 0 Å². The first-order valence-corrected chi connectivity index (χ1v) is 7.17. The van der Waals surface area contributed by atoms with Crippen LogP contribution in [0.3, 0.4) is 0 Å². The lowest BCUT2D eigenvalue weighted by atomic mass is 10.2. The molecular formula is C11H11BrClN3S. The van der Waals surface area contributed by atoms with Gasteiger partial charge in [-0.05, 0) is 45.9 Å². The Bertz CT molecular complexity index is 489. The largest absolute Gasteiger partial charge is 0.366 e. The van der Waals surface area contributed by atoms with Crippen molar-refractivity contribution in [1.82, 2.24) is 9.97 Å². The first-order valence-electron chi connectivity index (χ1n) is 5.12. The molecule has 0 fully saturated rings. The molecule has 2 aromatic heterocycles. The molecule has 2 heterocycles. The SMILES string of the molecule is CC(Cc1cccs1)Nc1nc(Cl)ncc1Br. The summed E-state index contributed by atoms with van der Waals surface area (Å²) in [7, 11) is 0. The third-order valence-corrected chi connectivity index (χ3v) is 3.85. The molecule has 1 unspecified atom stereocenters. The molecule has 1 N–H and O–H groups in total. The molecule has 90 valence electrons. The maximum Gasteiger partial charge on any atom is 0.224 e. The van der Waals surface area contributed by atoms with Crippen molar-refractivity contribution in [3.05, 3.63) is 38.3 Å². The van der Waals surface area contributed by atoms with Crippen LogP contribution in [0.2, 0.25) is 5.28 Å². The summed E-state index contributed by atoms with van der Waals surface area (Å²) in [6, 6.07) is 4.48. The minimum atomic E-state index is 0.249. The van der Waals surface area contributed by atoms with Gasteiger partial charge < -0.3 is 5.32 Å². The monoisotopic (exact) mass is 331 g/mol. The fraction of sp³-hybridized carbons (Fsp3) is 0.273. The third-order valence-electron chi connectivity index (χ3n) is 2.19. The van der Waals surface area contributed by atoms with E-state index in [9.17, 15) is 0 Å². The lowest BCUT2D eigenvalue weighted by Gasteiger charge is -2.14. The van der Waals surface area contributed by atoms with Crippen LogP contribution >= 0.6 is 38.9 Å². The van der Waals surface area contributed by atoms with E-state index in [1.54, 1.807) is 17.5 Å². The number of rotatable bonds is 4. The zero-order valence-electron chi connectivity index (χ0n) is 9.15. The summed E-state index contributed by atoms with van der Waals surface area (Å²) in [5.41, 5.74) is 0. The van der Waals surface area contributed by atoms with E-state index < -0.39 is 0 Å². The first kappa shape index (κ1) is 12.8. The highest BCUT2D eigenvalue weighted by Crippen LogP contribution is 2.22. The van der Waals surface area contributed by atoms with Crippen molar-refractivity contribution >= 4 is 44.7 Å². The average molecular weight is 333 g/mol. The Labute approximate surface area is 117 Å². The summed E-state index contributed by atoms with van der Waals surface area (Å²) in [6.07, 6.45) is 2.61. The van der Waals surface area contributed by atoms with Crippen molar-refractivity contribution in [2.45, 2.75) is 19.4 Å². The van der Waals surface area contributed by atoms with Gasteiger partial charge in [-0.3, -0.25) is 0 Å². The van der Waals surface area contributed by atoms with Gasteiger partial charge in [0.2, 0.25) is 5.28 Å². The van der Waals surface area contributed by atoms with Crippen LogP contribution in [-0.4, -0.2) is 16.0 Å². The molecule has 0 aliphatic heterocycles. The Morgan fingerprint density at radius 3 is 3.12 bits per heavy atom. The van der Waals surface area contributed by atoms with Crippen molar-refractivity contribution in [2.75, 3.05) is 5.32 Å². The predicted molar refractivity (Wildman–Crippen MR) is 75.8 cm³/mol. The molecule has 0 saturated carbocycles. The Balaban J connectivity index is 2.02. The second-order valence-corrected chi connectivity index (χ2v) is 5.89. The first-order chi connectivity index (χ1) is 8.15. The predicted octanol–water partition coefficient (Wildman–Crippen LogP) is 4.00. The molecule has 0 saturated heterocycles. The highest BCUT2D eigenvalue weighted by atomic mass is 79.9. The van der Waals surface area contributed by atoms with E-state index in [2.05, 4.69) is 55.7 Å². The van der Waals surface area contributed by atoms with Crippen LogP contribution < -0.4 is 5.32 Å². The Morgan fingerprint density at radius 2 is 2.41 bits per heavy atom. The minimum Gasteiger partial charge on any atom is -0.366 e. The third kappa shape index (κ3) is 3.66. The number of aromatic nitrogens is 2. The van der Waals surface area contributed by atoms with Gasteiger partial charge in [0, 0.05) is 23.5 Å². The number of hydrogen-bond donors (Lipinski definition) is 1. The minimum absolute atomic E-state index is 0.249. The van der Waals surface area contributed by atoms with E-state index >= 15 is 0 Å². The topological polar surface area (TPSA) is 37.8 Å². The molecule has 0 aromatic carbocycles. The normalized spacial score (nSPS) is 12.4. The summed E-state index contributed by atoms with van der Waals surface area (Å²) in [5, 5.41) is 5.65. The van der Waals surface area contributed by atoms with Crippen LogP contribution in [0.1, 0.15) is 11.8 Å². The highest BCUT2D eigenvalue weighted by Gasteiger charge is 2.09. The van der Waals surface area contributed by atoms with E-state index in [0.29, 0.717) is 0 Å². The summed E-state index contributed by atoms with van der Waals surface area (Å²) in [6.45, 7) is 2.11. The van der Waals surface area contributed by atoms with Crippen LogP contribution in [0.15, 0.2) is 28.2 Å². The quantitative estimate of drug-likeness (QED) is 0.860. The molecular weight excluding hydrogens is 322 g/mol. The molecule has 0 amide bonds. The summed E-state index contributed by atoms with van der Waals surface area (Å²) in [5.74, 6) is 0.731. The van der Waals surface area contributed by atoms with Gasteiger partial charge in [0.05, 0.1) is 4.47 Å². The van der Waals surface area contributed by atoms with Crippen LogP contribution in [0, 0.1) is 0 Å². The molecule has 0 aliphatic rings. The second kappa shape index (κ2) is 5.80. The Hall–Kier alpha value is -0.650. The molecule has 0 spiro atoms. The molecule has 2 rings (SSSR count). The van der Waals surface area contributed by atoms with Gasteiger partial charge in [-0.2, -0.15) is 4.98 Å². The van der Waals surface area contributed by atoms with Crippen LogP contribution in [0.4, 0.5) is 5.82 Å². The molecule has 2 aromatic rings. The maximum absolute atomic E-state index is 5.76. The Morgan fingerprint density at radius 1 is 1.59 bits per heavy atom. The number of thiophene rings is 1. The van der Waals surface area contributed by atoms with Gasteiger partial charge in [0.25, 0.3) is 0 Å². The lowest BCUT2D eigenvalue weighted by molar-refractivity contribution is 0.792. The van der Waals surface area contributed by atoms with E-state index in [0.717, 1.165) is 16.7 Å². The maximum atomic E-state index is 5.76. The van der Waals surface area contributed by atoms with Crippen molar-refractivity contribution in [3.8, 4) is 0 Å². The van der Waals surface area contributed by atoms with Gasteiger partial charge in [-0.15, -0.1) is 11.3 Å². The molecule has 3 nitrogen and oxygen atoms in total. The van der Waals surface area contributed by atoms with E-state index in [4.69, 9.17) is 11.6 Å². The molecule has 0 radical (unpaired) electrons. The number of nitrogens with zero attached hydrogens (tertiary/aromatic N) is 2. The average Bonchev–Trinajstić information content (AvgIpc) is 2.76. The number of anilines is 1. The molecule has 0 bridgehead atoms. The van der Waals surface area contributed by atoms with Crippen LogP contribution in [0.25, 0.3) is 0 Å². The molecule has 1 atom stereocenters. The molecule has 17 heavy (non-hydrogen) atoms. The number of nitrogens with one attached hydrogen (secondary N) is 1. The van der Waals surface area contributed by atoms with Gasteiger partial charge in [0.1, 0.15) is 5.82 Å². The summed E-state index contributed by atoms with van der Waals surface area (Å²) < 4.78 is 0.819. The fourth-order valence-electron chi connectivity index (χ4n) is 1.46. The summed E-state index contributed by atoms with van der Waals surface area (Å²) in [4.78, 5) is 9.38. The van der Waals surface area contributed by atoms with Gasteiger partial charge in [-0.25, -0.2) is 4.98 Å². The van der Waals surface area contributed by atoms with E-state index in [1.807, 2.05) is 0 Å². The van der Waals surface area contributed by atoms with Crippen LogP contribution in [0.5, 0.6) is 0 Å². The van der Waals surface area contributed by atoms with Gasteiger partial charge in [-0.1, -0.05) is 6.07 Å². The van der Waals surface area contributed by atoms with Crippen LogP contribution in [-0.2, 0) is 6.42 Å². The smallest absolute Gasteiger partial charge is 0.224 e. The molecule has 6 heteroatoms. The standard InChI is InChI=1S/C11H11BrClN3S/c1-7(5-8-3-2-4-17-8)15-10-9(12)6-14-11(13)16-10/h2-4,6-7H,5H2,1H3,(H,14,15,16). The van der Waals surface area contributed by atoms with Crippen molar-refractivity contribution < 1.29 is 0 Å². The fourth-order valence-corrected chi connectivity index (χ4v) is 2.74. The van der Waals surface area contributed by atoms with Crippen molar-refractivity contribution in [3.63, 3.8) is 0 Å². The van der Waals surface area contributed by atoms with Gasteiger partial charge >= 0.3 is 0 Å². The van der Waals surface area contributed by atoms with Gasteiger partial charge in [0.15, 0.2) is 0 Å².